The maximum Gasteiger partial charge on any atom is 0.185 e. The Morgan fingerprint density at radius 2 is 2.05 bits per heavy atom. The zero-order chi connectivity index (χ0) is 15.1. The third kappa shape index (κ3) is 4.83. The van der Waals surface area contributed by atoms with Gasteiger partial charge in [0.1, 0.15) is 0 Å². The van der Waals surface area contributed by atoms with E-state index in [-0.39, 0.29) is 0 Å². The van der Waals surface area contributed by atoms with E-state index < -0.39 is 0 Å². The van der Waals surface area contributed by atoms with Gasteiger partial charge in [0.2, 0.25) is 0 Å². The second-order valence-electron chi connectivity index (χ2n) is 5.38. The number of aromatic nitrogens is 1. The molecule has 0 aliphatic carbocycles. The van der Waals surface area contributed by atoms with Gasteiger partial charge in [-0.3, -0.25) is 0 Å². The van der Waals surface area contributed by atoms with Crippen LogP contribution in [-0.2, 0) is 6.42 Å². The minimum Gasteiger partial charge on any atom is -0.351 e. The summed E-state index contributed by atoms with van der Waals surface area (Å²) >= 11 is 1.79. The normalized spacial score (nSPS) is 12.3. The molecule has 0 radical (unpaired) electrons. The summed E-state index contributed by atoms with van der Waals surface area (Å²) in [6.45, 7) is 6.44. The maximum atomic E-state index is 4.56. The lowest BCUT2D eigenvalue weighted by Crippen LogP contribution is -2.20. The summed E-state index contributed by atoms with van der Waals surface area (Å²) in [5, 5.41) is 4.61. The molecule has 0 fully saturated rings. The molecule has 4 heteroatoms. The molecule has 1 heterocycles. The number of hydrogen-bond acceptors (Lipinski definition) is 4. The molecule has 1 unspecified atom stereocenters. The van der Waals surface area contributed by atoms with Crippen molar-refractivity contribution in [1.29, 1.82) is 0 Å². The lowest BCUT2D eigenvalue weighted by Gasteiger charge is -2.15. The molecule has 0 saturated heterocycles. The summed E-state index contributed by atoms with van der Waals surface area (Å²) in [5.74, 6) is 0. The van der Waals surface area contributed by atoms with E-state index in [4.69, 9.17) is 0 Å². The van der Waals surface area contributed by atoms with Crippen LogP contribution >= 0.6 is 11.3 Å². The molecule has 1 aromatic heterocycles. The first kappa shape index (κ1) is 16.0. The Labute approximate surface area is 132 Å². The van der Waals surface area contributed by atoms with Crippen molar-refractivity contribution < 1.29 is 0 Å². The smallest absolute Gasteiger partial charge is 0.185 e. The fraction of sp³-hybridized carbons (Fsp3) is 0.471. The molecule has 1 N–H and O–H groups in total. The first-order valence-electron chi connectivity index (χ1n) is 7.65. The van der Waals surface area contributed by atoms with Crippen LogP contribution in [0.15, 0.2) is 36.5 Å². The highest BCUT2D eigenvalue weighted by Gasteiger charge is 2.11. The van der Waals surface area contributed by atoms with E-state index in [1.807, 2.05) is 6.20 Å². The van der Waals surface area contributed by atoms with Gasteiger partial charge in [0.05, 0.1) is 0 Å². The summed E-state index contributed by atoms with van der Waals surface area (Å²) in [7, 11) is 2.12. The van der Waals surface area contributed by atoms with Gasteiger partial charge in [0.25, 0.3) is 0 Å². The number of nitrogens with zero attached hydrogens (tertiary/aromatic N) is 2. The molecule has 3 nitrogen and oxygen atoms in total. The van der Waals surface area contributed by atoms with Crippen LogP contribution < -0.4 is 10.2 Å². The molecular weight excluding hydrogens is 278 g/mol. The van der Waals surface area contributed by atoms with Gasteiger partial charge in [0, 0.05) is 30.7 Å². The summed E-state index contributed by atoms with van der Waals surface area (Å²) in [5.41, 5.74) is 1.37. The fourth-order valence-corrected chi connectivity index (χ4v) is 3.08. The first-order chi connectivity index (χ1) is 10.2. The average molecular weight is 303 g/mol. The van der Waals surface area contributed by atoms with E-state index in [0.29, 0.717) is 6.04 Å². The van der Waals surface area contributed by atoms with E-state index in [0.717, 1.165) is 31.1 Å². The average Bonchev–Trinajstić information content (AvgIpc) is 3.01. The quantitative estimate of drug-likeness (QED) is 0.802. The van der Waals surface area contributed by atoms with Gasteiger partial charge in [-0.1, -0.05) is 37.3 Å². The van der Waals surface area contributed by atoms with Crippen molar-refractivity contribution in [3.63, 3.8) is 0 Å². The van der Waals surface area contributed by atoms with Crippen molar-refractivity contribution in [3.8, 4) is 0 Å². The van der Waals surface area contributed by atoms with Crippen LogP contribution in [0, 0.1) is 0 Å². The minimum atomic E-state index is 0.388. The largest absolute Gasteiger partial charge is 0.351 e. The van der Waals surface area contributed by atoms with Crippen LogP contribution in [0.5, 0.6) is 0 Å². The summed E-state index contributed by atoms with van der Waals surface area (Å²) in [4.78, 5) is 8.12. The van der Waals surface area contributed by atoms with Crippen molar-refractivity contribution in [3.05, 3.63) is 47.0 Å². The highest BCUT2D eigenvalue weighted by Crippen LogP contribution is 2.26. The van der Waals surface area contributed by atoms with E-state index in [2.05, 4.69) is 66.4 Å². The Morgan fingerprint density at radius 3 is 2.76 bits per heavy atom. The van der Waals surface area contributed by atoms with Gasteiger partial charge in [-0.25, -0.2) is 4.98 Å². The molecular formula is C17H25N3S. The topological polar surface area (TPSA) is 28.2 Å². The number of nitrogens with one attached hydrogen (secondary N) is 1. The summed E-state index contributed by atoms with van der Waals surface area (Å²) in [6.07, 6.45) is 4.22. The molecule has 0 aliphatic heterocycles. The maximum absolute atomic E-state index is 4.56. The molecule has 0 saturated carbocycles. The van der Waals surface area contributed by atoms with Crippen molar-refractivity contribution >= 4 is 16.5 Å². The molecule has 0 amide bonds. The zero-order valence-corrected chi connectivity index (χ0v) is 14.0. The van der Waals surface area contributed by atoms with Crippen molar-refractivity contribution in [1.82, 2.24) is 10.3 Å². The van der Waals surface area contributed by atoms with E-state index >= 15 is 0 Å². The van der Waals surface area contributed by atoms with Crippen molar-refractivity contribution in [2.75, 3.05) is 25.0 Å². The minimum absolute atomic E-state index is 0.388. The Balaban J connectivity index is 1.88. The van der Waals surface area contributed by atoms with Crippen molar-refractivity contribution in [2.24, 2.45) is 0 Å². The Kier molecular flexibility index (Phi) is 6.21. The zero-order valence-electron chi connectivity index (χ0n) is 13.2. The molecule has 2 aromatic rings. The molecule has 21 heavy (non-hydrogen) atoms. The molecule has 1 atom stereocenters. The highest BCUT2D eigenvalue weighted by atomic mass is 32.1. The SMILES string of the molecule is CCCNC(C)c1cnc(N(C)CCc2ccccc2)s1. The van der Waals surface area contributed by atoms with Crippen LogP contribution in [-0.4, -0.2) is 25.1 Å². The third-order valence-corrected chi connectivity index (χ3v) is 4.84. The second-order valence-corrected chi connectivity index (χ2v) is 6.42. The number of rotatable bonds is 8. The predicted octanol–water partition coefficient (Wildman–Crippen LogP) is 3.88. The van der Waals surface area contributed by atoms with E-state index in [1.165, 1.54) is 10.4 Å². The van der Waals surface area contributed by atoms with Crippen LogP contribution in [0.4, 0.5) is 5.13 Å². The molecule has 114 valence electrons. The van der Waals surface area contributed by atoms with Crippen LogP contribution in [0.2, 0.25) is 0 Å². The fourth-order valence-electron chi connectivity index (χ4n) is 2.15. The van der Waals surface area contributed by atoms with E-state index in [1.54, 1.807) is 11.3 Å². The van der Waals surface area contributed by atoms with E-state index in [9.17, 15) is 0 Å². The standard InChI is InChI=1S/C17H25N3S/c1-4-11-18-14(2)16-13-19-17(21-16)20(3)12-10-15-8-6-5-7-9-15/h5-9,13-14,18H,4,10-12H2,1-3H3. The number of anilines is 1. The van der Waals surface area contributed by atoms with Gasteiger partial charge >= 0.3 is 0 Å². The molecule has 0 spiro atoms. The number of thiazole rings is 1. The molecule has 0 aliphatic rings. The van der Waals surface area contributed by atoms with Gasteiger partial charge in [-0.05, 0) is 31.9 Å². The Morgan fingerprint density at radius 1 is 1.29 bits per heavy atom. The van der Waals surface area contributed by atoms with Gasteiger partial charge < -0.3 is 10.2 Å². The van der Waals surface area contributed by atoms with Crippen LogP contribution in [0.3, 0.4) is 0 Å². The monoisotopic (exact) mass is 303 g/mol. The molecule has 0 bridgehead atoms. The van der Waals surface area contributed by atoms with Gasteiger partial charge in [0.15, 0.2) is 5.13 Å². The first-order valence-corrected chi connectivity index (χ1v) is 8.46. The number of benzene rings is 1. The molecule has 1 aromatic carbocycles. The Bertz CT molecular complexity index is 524. The summed E-state index contributed by atoms with van der Waals surface area (Å²) in [6, 6.07) is 11.0. The predicted molar refractivity (Wildman–Crippen MR) is 92.2 cm³/mol. The lowest BCUT2D eigenvalue weighted by atomic mass is 10.1. The third-order valence-electron chi connectivity index (χ3n) is 3.54. The lowest BCUT2D eigenvalue weighted by molar-refractivity contribution is 0.577. The summed E-state index contributed by atoms with van der Waals surface area (Å²) < 4.78 is 0. The van der Waals surface area contributed by atoms with Gasteiger partial charge in [-0.15, -0.1) is 11.3 Å². The van der Waals surface area contributed by atoms with Gasteiger partial charge in [-0.2, -0.15) is 0 Å². The van der Waals surface area contributed by atoms with Crippen LogP contribution in [0.1, 0.15) is 36.8 Å². The Hall–Kier alpha value is -1.39. The van der Waals surface area contributed by atoms with Crippen molar-refractivity contribution in [2.45, 2.75) is 32.7 Å². The second kappa shape index (κ2) is 8.15. The molecule has 2 rings (SSSR count). The highest BCUT2D eigenvalue weighted by molar-refractivity contribution is 7.15. The number of likely N-dealkylation sites (N-methyl/N-ethyl adjacent to an activating group) is 1. The number of hydrogen-bond donors (Lipinski definition) is 1. The van der Waals surface area contributed by atoms with Crippen LogP contribution in [0.25, 0.3) is 0 Å².